The number of alkyl halides is 3. The van der Waals surface area contributed by atoms with Gasteiger partial charge in [0.05, 0.1) is 18.4 Å². The summed E-state index contributed by atoms with van der Waals surface area (Å²) in [4.78, 5) is 23.1. The maximum atomic E-state index is 13.2. The van der Waals surface area contributed by atoms with Crippen LogP contribution in [0.2, 0.25) is 0 Å². The molecule has 12 heteroatoms. The number of halogens is 3. The van der Waals surface area contributed by atoms with E-state index in [4.69, 9.17) is 14.5 Å². The average Bonchev–Trinajstić information content (AvgIpc) is 3.47. The Kier molecular flexibility index (Phi) is 11.4. The quantitative estimate of drug-likeness (QED) is 0.141. The van der Waals surface area contributed by atoms with Gasteiger partial charge < -0.3 is 19.5 Å². The lowest BCUT2D eigenvalue weighted by molar-refractivity contribution is -0.144. The van der Waals surface area contributed by atoms with Crippen LogP contribution in [0.5, 0.6) is 11.5 Å². The second-order valence-corrected chi connectivity index (χ2v) is 13.5. The first-order valence-corrected chi connectivity index (χ1v) is 17.3. The molecule has 3 aromatic carbocycles. The Bertz CT molecular complexity index is 1640. The van der Waals surface area contributed by atoms with E-state index < -0.39 is 23.8 Å². The lowest BCUT2D eigenvalue weighted by Crippen LogP contribution is -2.46. The predicted octanol–water partition coefficient (Wildman–Crippen LogP) is 8.26. The lowest BCUT2D eigenvalue weighted by atomic mass is 10.1. The van der Waals surface area contributed by atoms with Crippen molar-refractivity contribution in [2.24, 2.45) is 0 Å². The third-order valence-electron chi connectivity index (χ3n) is 7.99. The van der Waals surface area contributed by atoms with Gasteiger partial charge in [-0.2, -0.15) is 13.2 Å². The van der Waals surface area contributed by atoms with Gasteiger partial charge in [-0.15, -0.1) is 23.1 Å². The first-order valence-electron chi connectivity index (χ1n) is 15.5. The Morgan fingerprint density at radius 2 is 1.74 bits per heavy atom. The molecule has 1 aliphatic rings. The standard InChI is InChI=1S/C35H38F3N3O4S2/c1-4-5-25-20-29(14-15-31(25)45-23(2)34(42)43)46-22-32-30(39-33(47-32)24-6-8-26(9-7-24)35(36,37)38)21-40-16-18-41(19-17-40)27-10-12-28(44-3)13-11-27/h6-15,20,23H,4-5,16-19,21-22H2,1-3H3,(H,42,43). The van der Waals surface area contributed by atoms with Crippen LogP contribution in [0, 0.1) is 0 Å². The van der Waals surface area contributed by atoms with Crippen LogP contribution in [0.1, 0.15) is 42.0 Å². The van der Waals surface area contributed by atoms with Crippen LogP contribution in [-0.4, -0.2) is 60.4 Å². The van der Waals surface area contributed by atoms with Gasteiger partial charge in [-0.25, -0.2) is 9.78 Å². The molecule has 0 spiro atoms. The van der Waals surface area contributed by atoms with Crippen LogP contribution in [0.25, 0.3) is 10.6 Å². The van der Waals surface area contributed by atoms with Crippen molar-refractivity contribution >= 4 is 34.8 Å². The highest BCUT2D eigenvalue weighted by molar-refractivity contribution is 7.98. The summed E-state index contributed by atoms with van der Waals surface area (Å²) in [6.07, 6.45) is -3.72. The molecule has 0 radical (unpaired) electrons. The molecule has 1 aliphatic heterocycles. The average molecular weight is 686 g/mol. The molecule has 7 nitrogen and oxygen atoms in total. The van der Waals surface area contributed by atoms with Crippen LogP contribution in [-0.2, 0) is 29.7 Å². The number of thioether (sulfide) groups is 1. The molecule has 47 heavy (non-hydrogen) atoms. The molecular weight excluding hydrogens is 648 g/mol. The highest BCUT2D eigenvalue weighted by Gasteiger charge is 2.30. The number of benzene rings is 3. The van der Waals surface area contributed by atoms with Gasteiger partial charge in [0.2, 0.25) is 0 Å². The fourth-order valence-corrected chi connectivity index (χ4v) is 7.47. The number of hydrogen-bond donors (Lipinski definition) is 1. The zero-order valence-corrected chi connectivity index (χ0v) is 28.2. The van der Waals surface area contributed by atoms with E-state index in [1.807, 2.05) is 30.3 Å². The fraction of sp³-hybridized carbons (Fsp3) is 0.371. The number of rotatable bonds is 13. The van der Waals surface area contributed by atoms with Crippen molar-refractivity contribution in [2.75, 3.05) is 38.2 Å². The second-order valence-electron chi connectivity index (χ2n) is 11.3. The van der Waals surface area contributed by atoms with E-state index in [-0.39, 0.29) is 0 Å². The minimum atomic E-state index is -4.40. The van der Waals surface area contributed by atoms with Crippen LogP contribution >= 0.6 is 23.1 Å². The Balaban J connectivity index is 1.33. The topological polar surface area (TPSA) is 75.1 Å². The van der Waals surface area contributed by atoms with Gasteiger partial charge in [-0.3, -0.25) is 4.90 Å². The first kappa shape index (κ1) is 34.6. The van der Waals surface area contributed by atoms with Gasteiger partial charge in [-0.1, -0.05) is 25.5 Å². The third-order valence-corrected chi connectivity index (χ3v) is 10.3. The van der Waals surface area contributed by atoms with E-state index in [0.717, 1.165) is 83.6 Å². The van der Waals surface area contributed by atoms with Crippen molar-refractivity contribution in [2.45, 2.75) is 56.2 Å². The Hall–Kier alpha value is -3.74. The van der Waals surface area contributed by atoms with E-state index in [1.54, 1.807) is 18.9 Å². The zero-order chi connectivity index (χ0) is 33.6. The van der Waals surface area contributed by atoms with Crippen molar-refractivity contribution in [1.29, 1.82) is 0 Å². The molecule has 0 saturated carbocycles. The summed E-state index contributed by atoms with van der Waals surface area (Å²) in [6.45, 7) is 7.64. The normalized spacial score (nSPS) is 14.6. The van der Waals surface area contributed by atoms with E-state index in [0.29, 0.717) is 28.6 Å². The van der Waals surface area contributed by atoms with Gasteiger partial charge in [0.1, 0.15) is 16.5 Å². The Morgan fingerprint density at radius 3 is 2.36 bits per heavy atom. The SMILES string of the molecule is CCCc1cc(SCc2sc(-c3ccc(C(F)(F)F)cc3)nc2CN2CCN(c3ccc(OC)cc3)CC2)ccc1OC(C)C(=O)O. The number of hydrogen-bond acceptors (Lipinski definition) is 8. The summed E-state index contributed by atoms with van der Waals surface area (Å²) in [7, 11) is 1.65. The van der Waals surface area contributed by atoms with Crippen molar-refractivity contribution in [3.8, 4) is 22.1 Å². The highest BCUT2D eigenvalue weighted by atomic mass is 32.2. The number of carboxylic acid groups (broad SMARTS) is 1. The number of aromatic nitrogens is 1. The minimum absolute atomic E-state index is 0.572. The van der Waals surface area contributed by atoms with Gasteiger partial charge >= 0.3 is 12.1 Å². The maximum absolute atomic E-state index is 13.2. The summed E-state index contributed by atoms with van der Waals surface area (Å²) in [5, 5.41) is 9.99. The summed E-state index contributed by atoms with van der Waals surface area (Å²) >= 11 is 3.16. The van der Waals surface area contributed by atoms with Crippen molar-refractivity contribution < 1.29 is 32.5 Å². The molecule has 0 aliphatic carbocycles. The molecule has 1 fully saturated rings. The summed E-state index contributed by atoms with van der Waals surface area (Å²) in [5.74, 6) is 1.01. The number of carbonyl (C=O) groups is 1. The summed E-state index contributed by atoms with van der Waals surface area (Å²) in [6, 6.07) is 19.1. The van der Waals surface area contributed by atoms with Crippen LogP contribution in [0.3, 0.4) is 0 Å². The number of nitrogens with zero attached hydrogens (tertiary/aromatic N) is 3. The Morgan fingerprint density at radius 1 is 1.04 bits per heavy atom. The van der Waals surface area contributed by atoms with Gasteiger partial charge in [0.15, 0.2) is 6.10 Å². The number of thiazole rings is 1. The van der Waals surface area contributed by atoms with Crippen LogP contribution in [0.4, 0.5) is 18.9 Å². The number of carboxylic acids is 1. The van der Waals surface area contributed by atoms with E-state index in [2.05, 4.69) is 28.9 Å². The Labute approximate surface area is 281 Å². The van der Waals surface area contributed by atoms with Crippen LogP contribution in [0.15, 0.2) is 71.6 Å². The number of piperazine rings is 1. The molecule has 1 atom stereocenters. The molecule has 250 valence electrons. The zero-order valence-electron chi connectivity index (χ0n) is 26.5. The molecule has 0 bridgehead atoms. The number of anilines is 1. The van der Waals surface area contributed by atoms with Crippen LogP contribution < -0.4 is 14.4 Å². The van der Waals surface area contributed by atoms with Crippen molar-refractivity contribution in [3.63, 3.8) is 0 Å². The molecule has 4 aromatic rings. The summed E-state index contributed by atoms with van der Waals surface area (Å²) < 4.78 is 50.6. The fourth-order valence-electron chi connectivity index (χ4n) is 5.33. The molecule has 1 unspecified atom stereocenters. The molecule has 2 heterocycles. The van der Waals surface area contributed by atoms with Gasteiger partial charge in [0, 0.05) is 59.5 Å². The highest BCUT2D eigenvalue weighted by Crippen LogP contribution is 2.37. The van der Waals surface area contributed by atoms with Gasteiger partial charge in [-0.05, 0) is 73.5 Å². The van der Waals surface area contributed by atoms with Crippen molar-refractivity contribution in [3.05, 3.63) is 88.4 Å². The monoisotopic (exact) mass is 685 g/mol. The molecule has 1 N–H and O–H groups in total. The van der Waals surface area contributed by atoms with E-state index in [9.17, 15) is 23.1 Å². The number of ether oxygens (including phenoxy) is 2. The minimum Gasteiger partial charge on any atom is -0.497 e. The smallest absolute Gasteiger partial charge is 0.416 e. The first-order chi connectivity index (χ1) is 22.5. The maximum Gasteiger partial charge on any atom is 0.416 e. The molecular formula is C35H38F3N3O4S2. The molecule has 1 aromatic heterocycles. The molecule has 5 rings (SSSR count). The largest absolute Gasteiger partial charge is 0.497 e. The predicted molar refractivity (Wildman–Crippen MR) is 181 cm³/mol. The van der Waals surface area contributed by atoms with E-state index >= 15 is 0 Å². The number of methoxy groups -OCH3 is 1. The lowest BCUT2D eigenvalue weighted by Gasteiger charge is -2.36. The summed E-state index contributed by atoms with van der Waals surface area (Å²) in [5.41, 5.74) is 3.01. The molecule has 0 amide bonds. The van der Waals surface area contributed by atoms with Gasteiger partial charge in [0.25, 0.3) is 0 Å². The second kappa shape index (κ2) is 15.4. The van der Waals surface area contributed by atoms with E-state index in [1.165, 1.54) is 30.4 Å². The number of aliphatic carboxylic acids is 1. The third kappa shape index (κ3) is 9.00. The van der Waals surface area contributed by atoms with Crippen molar-refractivity contribution in [1.82, 2.24) is 9.88 Å². The number of aryl methyl sites for hydroxylation is 1. The molecule has 1 saturated heterocycles.